The summed E-state index contributed by atoms with van der Waals surface area (Å²) in [6.07, 6.45) is 6.69. The van der Waals surface area contributed by atoms with Crippen LogP contribution in [0.4, 0.5) is 9.59 Å². The summed E-state index contributed by atoms with van der Waals surface area (Å²) < 4.78 is 10.6. The van der Waals surface area contributed by atoms with Gasteiger partial charge >= 0.3 is 12.2 Å². The minimum Gasteiger partial charge on any atom is -0.453 e. The van der Waals surface area contributed by atoms with Crippen molar-refractivity contribution in [2.75, 3.05) is 7.11 Å². The lowest BCUT2D eigenvalue weighted by molar-refractivity contribution is -0.136. The van der Waals surface area contributed by atoms with E-state index in [1.807, 2.05) is 56.8 Å². The molecular formula is C44H49N7O5. The highest BCUT2D eigenvalue weighted by Crippen LogP contribution is 2.54. The van der Waals surface area contributed by atoms with Crippen LogP contribution in [0.2, 0.25) is 0 Å². The summed E-state index contributed by atoms with van der Waals surface area (Å²) in [4.78, 5) is 59.3. The zero-order valence-corrected chi connectivity index (χ0v) is 32.7. The fraction of sp³-hybridized carbons (Fsp3) is 0.432. The van der Waals surface area contributed by atoms with E-state index in [4.69, 9.17) is 19.4 Å². The molecular weight excluding hydrogens is 707 g/mol. The van der Waals surface area contributed by atoms with Crippen LogP contribution in [-0.4, -0.2) is 78.7 Å². The Balaban J connectivity index is 0.884. The summed E-state index contributed by atoms with van der Waals surface area (Å²) in [5.41, 5.74) is 5.44. The first-order chi connectivity index (χ1) is 26.8. The van der Waals surface area contributed by atoms with Gasteiger partial charge in [0.1, 0.15) is 23.3 Å². The van der Waals surface area contributed by atoms with Gasteiger partial charge in [0.2, 0.25) is 5.91 Å². The molecule has 12 heteroatoms. The lowest BCUT2D eigenvalue weighted by Gasteiger charge is -2.31. The number of piperidine rings is 2. The van der Waals surface area contributed by atoms with Gasteiger partial charge in [0, 0.05) is 29.4 Å². The van der Waals surface area contributed by atoms with Gasteiger partial charge in [-0.2, -0.15) is 0 Å². The first-order valence-electron chi connectivity index (χ1n) is 19.8. The summed E-state index contributed by atoms with van der Waals surface area (Å²) in [5, 5.41) is 5.00. The van der Waals surface area contributed by atoms with Gasteiger partial charge in [-0.15, -0.1) is 0 Å². The highest BCUT2D eigenvalue weighted by molar-refractivity contribution is 5.91. The topological polar surface area (TPSA) is 146 Å². The maximum atomic E-state index is 13.8. The number of fused-ring (bicyclic) bond motifs is 3. The van der Waals surface area contributed by atoms with Crippen LogP contribution in [-0.2, 0) is 14.3 Å². The fourth-order valence-electron chi connectivity index (χ4n) is 8.89. The van der Waals surface area contributed by atoms with Gasteiger partial charge in [-0.05, 0) is 98.2 Å². The molecule has 12 nitrogen and oxygen atoms in total. The van der Waals surface area contributed by atoms with Crippen molar-refractivity contribution in [3.8, 4) is 33.6 Å². The molecule has 0 radical (unpaired) electrons. The van der Waals surface area contributed by atoms with Crippen molar-refractivity contribution in [1.82, 2.24) is 35.1 Å². The van der Waals surface area contributed by atoms with E-state index in [2.05, 4.69) is 75.9 Å². The average Bonchev–Trinajstić information content (AvgIpc) is 3.76. The number of alkyl carbamates (subject to hydrolysis) is 1. The van der Waals surface area contributed by atoms with E-state index in [0.717, 1.165) is 81.7 Å². The second kappa shape index (κ2) is 13.5. The lowest BCUT2D eigenvalue weighted by Crippen LogP contribution is -2.52. The number of H-pyrrole nitrogens is 2. The molecule has 290 valence electrons. The molecule has 3 aromatic carbocycles. The summed E-state index contributed by atoms with van der Waals surface area (Å²) in [6, 6.07) is 20.8. The molecule has 5 aromatic rings. The number of nitrogens with one attached hydrogen (secondary N) is 3. The summed E-state index contributed by atoms with van der Waals surface area (Å²) in [5.74, 6) is 2.37. The second-order valence-electron chi connectivity index (χ2n) is 17.3. The van der Waals surface area contributed by atoms with Gasteiger partial charge in [-0.3, -0.25) is 9.69 Å². The predicted molar refractivity (Wildman–Crippen MR) is 212 cm³/mol. The number of amides is 3. The zero-order chi connectivity index (χ0) is 39.0. The van der Waals surface area contributed by atoms with Crippen LogP contribution in [0.5, 0.6) is 0 Å². The molecule has 7 atom stereocenters. The number of ether oxygens (including phenoxy) is 2. The normalized spacial score (nSPS) is 24.2. The monoisotopic (exact) mass is 755 g/mol. The number of imidazole rings is 2. The lowest BCUT2D eigenvalue weighted by atomic mass is 9.98. The van der Waals surface area contributed by atoms with Gasteiger partial charge in [0.25, 0.3) is 0 Å². The molecule has 4 fully saturated rings. The van der Waals surface area contributed by atoms with E-state index in [1.165, 1.54) is 7.11 Å². The first kappa shape index (κ1) is 36.0. The fourth-order valence-corrected chi connectivity index (χ4v) is 8.89. The van der Waals surface area contributed by atoms with Crippen molar-refractivity contribution in [3.63, 3.8) is 0 Å². The summed E-state index contributed by atoms with van der Waals surface area (Å²) in [6.45, 7) is 9.56. The van der Waals surface area contributed by atoms with Crippen LogP contribution in [0.15, 0.2) is 73.1 Å². The smallest absolute Gasteiger partial charge is 0.411 e. The van der Waals surface area contributed by atoms with E-state index in [1.54, 1.807) is 0 Å². The van der Waals surface area contributed by atoms with Crippen LogP contribution in [0.1, 0.15) is 84.0 Å². The number of carbonyl (C=O) groups is 3. The predicted octanol–water partition coefficient (Wildman–Crippen LogP) is 8.40. The summed E-state index contributed by atoms with van der Waals surface area (Å²) >= 11 is 0. The Labute approximate surface area is 326 Å². The SMILES string of the molecule is COC(=O)NC(C(=O)N1[C@@H]2C[C@@H]2C[C@H]1c1nc(-c2ccc(-c3ccc4cc(-c5cnc([C@@H]6C[C@H]7C[C@H]7N6C(=O)OC(C)(C)C)[nH]5)ccc4c3)cc2)c[nH]1)C(C)C. The Hall–Kier alpha value is -5.65. The van der Waals surface area contributed by atoms with Crippen LogP contribution in [0.3, 0.4) is 0 Å². The molecule has 2 saturated heterocycles. The average molecular weight is 756 g/mol. The van der Waals surface area contributed by atoms with Crippen molar-refractivity contribution in [2.45, 2.75) is 96.1 Å². The van der Waals surface area contributed by atoms with Crippen LogP contribution in [0.25, 0.3) is 44.4 Å². The van der Waals surface area contributed by atoms with E-state index in [0.29, 0.717) is 11.8 Å². The number of rotatable bonds is 8. The minimum absolute atomic E-state index is 0.0883. The maximum Gasteiger partial charge on any atom is 0.411 e. The molecule has 2 saturated carbocycles. The van der Waals surface area contributed by atoms with Crippen molar-refractivity contribution < 1.29 is 23.9 Å². The number of hydrogen-bond donors (Lipinski definition) is 3. The maximum absolute atomic E-state index is 13.8. The Kier molecular flexibility index (Phi) is 8.70. The van der Waals surface area contributed by atoms with E-state index < -0.39 is 17.7 Å². The molecule has 2 aliphatic heterocycles. The van der Waals surface area contributed by atoms with E-state index >= 15 is 0 Å². The van der Waals surface area contributed by atoms with Crippen molar-refractivity contribution in [1.29, 1.82) is 0 Å². The van der Waals surface area contributed by atoms with Crippen molar-refractivity contribution in [2.24, 2.45) is 17.8 Å². The summed E-state index contributed by atoms with van der Waals surface area (Å²) in [7, 11) is 1.31. The molecule has 3 N–H and O–H groups in total. The third kappa shape index (κ3) is 6.68. The Morgan fingerprint density at radius 2 is 1.41 bits per heavy atom. The number of aromatic nitrogens is 4. The van der Waals surface area contributed by atoms with E-state index in [9.17, 15) is 14.4 Å². The number of likely N-dealkylation sites (tertiary alicyclic amines) is 2. The number of benzene rings is 3. The van der Waals surface area contributed by atoms with Crippen LogP contribution in [0, 0.1) is 17.8 Å². The van der Waals surface area contributed by atoms with Gasteiger partial charge in [0.05, 0.1) is 36.8 Å². The molecule has 4 heterocycles. The first-order valence-corrected chi connectivity index (χ1v) is 19.8. The van der Waals surface area contributed by atoms with Crippen molar-refractivity contribution >= 4 is 28.9 Å². The molecule has 3 amide bonds. The third-order valence-corrected chi connectivity index (χ3v) is 11.9. The zero-order valence-electron chi connectivity index (χ0n) is 32.7. The quantitative estimate of drug-likeness (QED) is 0.144. The van der Waals surface area contributed by atoms with Gasteiger partial charge < -0.3 is 29.7 Å². The number of nitrogens with zero attached hydrogens (tertiary/aromatic N) is 4. The standard InChI is InChI=1S/C44H49N7O5/c1-23(2)38(49-42(53)55-6)41(52)50-34-17-30(34)19-36(50)39-45-21-32(47-39)25-9-7-24(8-10-25)26-11-12-28-16-29(14-13-27(28)15-26)33-22-46-40(48-33)37-20-31-18-35(31)51(37)43(54)56-44(3,4)5/h7-16,21-23,30-31,34-38H,17-20H2,1-6H3,(H,45,47)(H,46,48)(H,49,53)/t30-,31-,34-,35-,36+,37+,38?/m1/s1. The van der Waals surface area contributed by atoms with Crippen LogP contribution < -0.4 is 5.32 Å². The van der Waals surface area contributed by atoms with Crippen LogP contribution >= 0.6 is 0 Å². The van der Waals surface area contributed by atoms with E-state index in [-0.39, 0.29) is 42.1 Å². The Morgan fingerprint density at radius 1 is 0.804 bits per heavy atom. The number of aromatic amines is 2. The van der Waals surface area contributed by atoms with Gasteiger partial charge in [-0.25, -0.2) is 19.6 Å². The largest absolute Gasteiger partial charge is 0.453 e. The highest BCUT2D eigenvalue weighted by Gasteiger charge is 2.57. The molecule has 2 aliphatic carbocycles. The van der Waals surface area contributed by atoms with Gasteiger partial charge in [-0.1, -0.05) is 62.4 Å². The molecule has 2 aromatic heterocycles. The number of carbonyl (C=O) groups excluding carboxylic acids is 3. The molecule has 4 aliphatic rings. The molecule has 9 rings (SSSR count). The highest BCUT2D eigenvalue weighted by atomic mass is 16.6. The molecule has 56 heavy (non-hydrogen) atoms. The number of hydrogen-bond acceptors (Lipinski definition) is 7. The van der Waals surface area contributed by atoms with Gasteiger partial charge in [0.15, 0.2) is 0 Å². The minimum atomic E-state index is -0.667. The third-order valence-electron chi connectivity index (χ3n) is 11.9. The van der Waals surface area contributed by atoms with Crippen molar-refractivity contribution in [3.05, 3.63) is 84.7 Å². The molecule has 1 unspecified atom stereocenters. The second-order valence-corrected chi connectivity index (χ2v) is 17.3. The molecule has 0 bridgehead atoms. The number of methoxy groups -OCH3 is 1. The Morgan fingerprint density at radius 3 is 2.07 bits per heavy atom. The Bertz CT molecular complexity index is 2320. The molecule has 0 spiro atoms.